The summed E-state index contributed by atoms with van der Waals surface area (Å²) in [5.41, 5.74) is -0.0701. The molecule has 20 heavy (non-hydrogen) atoms. The highest BCUT2D eigenvalue weighted by molar-refractivity contribution is 6.30. The number of rotatable bonds is 4. The zero-order valence-corrected chi connectivity index (χ0v) is 10.8. The summed E-state index contributed by atoms with van der Waals surface area (Å²) in [7, 11) is 0. The van der Waals surface area contributed by atoms with Crippen LogP contribution in [-0.4, -0.2) is 4.92 Å². The van der Waals surface area contributed by atoms with E-state index < -0.39 is 16.6 Å². The average molecular weight is 299 g/mol. The van der Waals surface area contributed by atoms with Crippen LogP contribution in [0.15, 0.2) is 36.4 Å². The fourth-order valence-electron chi connectivity index (χ4n) is 1.68. The van der Waals surface area contributed by atoms with Gasteiger partial charge in [-0.2, -0.15) is 0 Å². The number of hydrogen-bond acceptors (Lipinski definition) is 3. The molecule has 0 aliphatic heterocycles. The molecule has 0 amide bonds. The Morgan fingerprint density at radius 3 is 2.65 bits per heavy atom. The minimum absolute atomic E-state index is 0.0191. The number of hydrogen-bond donors (Lipinski definition) is 1. The first-order valence-electron chi connectivity index (χ1n) is 5.59. The van der Waals surface area contributed by atoms with Gasteiger partial charge in [0.25, 0.3) is 5.69 Å². The molecular weight excluding hydrogens is 290 g/mol. The van der Waals surface area contributed by atoms with Crippen molar-refractivity contribution in [2.24, 2.45) is 0 Å². The Morgan fingerprint density at radius 2 is 1.95 bits per heavy atom. The molecule has 0 aliphatic carbocycles. The third-order valence-corrected chi connectivity index (χ3v) is 2.87. The van der Waals surface area contributed by atoms with Gasteiger partial charge in [-0.3, -0.25) is 10.1 Å². The van der Waals surface area contributed by atoms with Crippen LogP contribution in [0.5, 0.6) is 0 Å². The molecule has 0 atom stereocenters. The van der Waals surface area contributed by atoms with Crippen LogP contribution < -0.4 is 5.32 Å². The molecule has 0 saturated heterocycles. The smallest absolute Gasteiger partial charge is 0.292 e. The number of nitrogens with zero attached hydrogens (tertiary/aromatic N) is 1. The first-order chi connectivity index (χ1) is 9.47. The van der Waals surface area contributed by atoms with Crippen molar-refractivity contribution >= 4 is 23.0 Å². The van der Waals surface area contributed by atoms with E-state index in [1.165, 1.54) is 18.2 Å². The molecule has 4 nitrogen and oxygen atoms in total. The molecule has 7 heteroatoms. The van der Waals surface area contributed by atoms with Crippen LogP contribution in [0.1, 0.15) is 5.56 Å². The highest BCUT2D eigenvalue weighted by Gasteiger charge is 2.14. The van der Waals surface area contributed by atoms with E-state index >= 15 is 0 Å². The predicted octanol–water partition coefficient (Wildman–Crippen LogP) is 4.14. The molecule has 0 spiro atoms. The summed E-state index contributed by atoms with van der Waals surface area (Å²) in [6.45, 7) is -0.0450. The maximum atomic E-state index is 13.5. The van der Waals surface area contributed by atoms with Crippen LogP contribution in [0, 0.1) is 21.7 Å². The number of anilines is 1. The summed E-state index contributed by atoms with van der Waals surface area (Å²) in [6, 6.07) is 7.01. The van der Waals surface area contributed by atoms with Gasteiger partial charge >= 0.3 is 0 Å². The van der Waals surface area contributed by atoms with E-state index in [0.29, 0.717) is 5.02 Å². The maximum absolute atomic E-state index is 13.5. The van der Waals surface area contributed by atoms with Gasteiger partial charge in [0.1, 0.15) is 17.3 Å². The predicted molar refractivity (Wildman–Crippen MR) is 71.8 cm³/mol. The van der Waals surface area contributed by atoms with E-state index in [1.807, 2.05) is 0 Å². The summed E-state index contributed by atoms with van der Waals surface area (Å²) in [5.74, 6) is -1.12. The van der Waals surface area contributed by atoms with E-state index in [2.05, 4.69) is 5.32 Å². The van der Waals surface area contributed by atoms with Crippen molar-refractivity contribution in [1.29, 1.82) is 0 Å². The molecule has 0 fully saturated rings. The zero-order chi connectivity index (χ0) is 14.7. The van der Waals surface area contributed by atoms with Crippen molar-refractivity contribution in [1.82, 2.24) is 0 Å². The van der Waals surface area contributed by atoms with Crippen LogP contribution in [0.25, 0.3) is 0 Å². The Balaban J connectivity index is 2.24. The van der Waals surface area contributed by atoms with E-state index in [0.717, 1.165) is 18.2 Å². The number of nitro benzene ring substituents is 1. The van der Waals surface area contributed by atoms with E-state index in [9.17, 15) is 18.9 Å². The fraction of sp³-hybridized carbons (Fsp3) is 0.0769. The Morgan fingerprint density at radius 1 is 1.20 bits per heavy atom. The van der Waals surface area contributed by atoms with Gasteiger partial charge in [0.05, 0.1) is 4.92 Å². The summed E-state index contributed by atoms with van der Waals surface area (Å²) in [5, 5.41) is 13.8. The van der Waals surface area contributed by atoms with Crippen LogP contribution in [0.2, 0.25) is 5.02 Å². The van der Waals surface area contributed by atoms with Crippen molar-refractivity contribution in [3.8, 4) is 0 Å². The summed E-state index contributed by atoms with van der Waals surface area (Å²) in [4.78, 5) is 10.2. The lowest BCUT2D eigenvalue weighted by Crippen LogP contribution is -2.04. The van der Waals surface area contributed by atoms with Crippen LogP contribution >= 0.6 is 11.6 Å². The van der Waals surface area contributed by atoms with Gasteiger partial charge in [-0.15, -0.1) is 0 Å². The van der Waals surface area contributed by atoms with Crippen LogP contribution in [0.4, 0.5) is 20.2 Å². The first-order valence-corrected chi connectivity index (χ1v) is 5.97. The van der Waals surface area contributed by atoms with Crippen molar-refractivity contribution in [3.63, 3.8) is 0 Å². The Kier molecular flexibility index (Phi) is 4.14. The van der Waals surface area contributed by atoms with Gasteiger partial charge in [-0.05, 0) is 24.3 Å². The second-order valence-corrected chi connectivity index (χ2v) is 4.44. The lowest BCUT2D eigenvalue weighted by Gasteiger charge is -2.08. The molecule has 0 bridgehead atoms. The van der Waals surface area contributed by atoms with Gasteiger partial charge in [-0.1, -0.05) is 11.6 Å². The second kappa shape index (κ2) is 5.83. The fourth-order valence-corrected chi connectivity index (χ4v) is 1.87. The summed E-state index contributed by atoms with van der Waals surface area (Å²) in [6.07, 6.45) is 0. The SMILES string of the molecule is O=[N+]([O-])c1ccc(F)cc1NCc1cc(Cl)ccc1F. The van der Waals surface area contributed by atoms with Crippen molar-refractivity contribution in [2.45, 2.75) is 6.54 Å². The highest BCUT2D eigenvalue weighted by atomic mass is 35.5. The molecule has 1 N–H and O–H groups in total. The molecule has 2 rings (SSSR count). The third kappa shape index (κ3) is 3.21. The molecule has 2 aromatic carbocycles. The molecule has 0 heterocycles. The number of nitrogens with one attached hydrogen (secondary N) is 1. The van der Waals surface area contributed by atoms with Crippen molar-refractivity contribution in [3.05, 3.63) is 68.7 Å². The molecule has 0 unspecified atom stereocenters. The Labute approximate surface area is 118 Å². The average Bonchev–Trinajstić information content (AvgIpc) is 2.39. The molecule has 2 aromatic rings. The standard InChI is InChI=1S/C13H9ClF2N2O2/c14-9-1-3-11(16)8(5-9)7-17-12-6-10(15)2-4-13(12)18(19)20/h1-6,17H,7H2. The van der Waals surface area contributed by atoms with Gasteiger partial charge in [-0.25, -0.2) is 8.78 Å². The Bertz CT molecular complexity index is 665. The first kappa shape index (κ1) is 14.2. The molecule has 0 radical (unpaired) electrons. The van der Waals surface area contributed by atoms with E-state index in [1.54, 1.807) is 0 Å². The molecule has 0 aliphatic rings. The van der Waals surface area contributed by atoms with Gasteiger partial charge < -0.3 is 5.32 Å². The number of nitro groups is 1. The number of halogens is 3. The summed E-state index contributed by atoms with van der Waals surface area (Å²) < 4.78 is 26.6. The minimum atomic E-state index is -0.643. The number of benzene rings is 2. The quantitative estimate of drug-likeness (QED) is 0.682. The molecule has 104 valence electrons. The molecule has 0 aromatic heterocycles. The van der Waals surface area contributed by atoms with Gasteiger partial charge in [0, 0.05) is 29.3 Å². The molecule has 0 saturated carbocycles. The van der Waals surface area contributed by atoms with Crippen LogP contribution in [0.3, 0.4) is 0 Å². The lowest BCUT2D eigenvalue weighted by molar-refractivity contribution is -0.384. The topological polar surface area (TPSA) is 55.2 Å². The minimum Gasteiger partial charge on any atom is -0.375 e. The normalized spacial score (nSPS) is 10.3. The second-order valence-electron chi connectivity index (χ2n) is 4.01. The zero-order valence-electron chi connectivity index (χ0n) is 10.1. The monoisotopic (exact) mass is 298 g/mol. The van der Waals surface area contributed by atoms with E-state index in [4.69, 9.17) is 11.6 Å². The van der Waals surface area contributed by atoms with E-state index in [-0.39, 0.29) is 23.5 Å². The largest absolute Gasteiger partial charge is 0.375 e. The summed E-state index contributed by atoms with van der Waals surface area (Å²) >= 11 is 5.74. The third-order valence-electron chi connectivity index (χ3n) is 2.63. The van der Waals surface area contributed by atoms with Crippen molar-refractivity contribution < 1.29 is 13.7 Å². The maximum Gasteiger partial charge on any atom is 0.292 e. The molecular formula is C13H9ClF2N2O2. The van der Waals surface area contributed by atoms with Crippen LogP contribution in [-0.2, 0) is 6.54 Å². The highest BCUT2D eigenvalue weighted by Crippen LogP contribution is 2.26. The van der Waals surface area contributed by atoms with Gasteiger partial charge in [0.2, 0.25) is 0 Å². The van der Waals surface area contributed by atoms with Gasteiger partial charge in [0.15, 0.2) is 0 Å². The van der Waals surface area contributed by atoms with Crippen molar-refractivity contribution in [2.75, 3.05) is 5.32 Å². The lowest BCUT2D eigenvalue weighted by atomic mass is 10.2. The Hall–Kier alpha value is -2.21.